The maximum atomic E-state index is 13.9. The van der Waals surface area contributed by atoms with E-state index in [0.29, 0.717) is 17.3 Å². The van der Waals surface area contributed by atoms with Crippen LogP contribution in [-0.2, 0) is 0 Å². The van der Waals surface area contributed by atoms with Crippen LogP contribution in [0, 0.1) is 11.6 Å². The zero-order valence-electron chi connectivity index (χ0n) is 12.5. The van der Waals surface area contributed by atoms with Crippen LogP contribution in [0.5, 0.6) is 0 Å². The fourth-order valence-corrected chi connectivity index (χ4v) is 1.91. The van der Waals surface area contributed by atoms with Gasteiger partial charge < -0.3 is 5.32 Å². The third kappa shape index (κ3) is 3.54. The lowest BCUT2D eigenvalue weighted by molar-refractivity contribution is 0.511. The van der Waals surface area contributed by atoms with Gasteiger partial charge in [0, 0.05) is 24.1 Å². The van der Waals surface area contributed by atoms with Gasteiger partial charge in [0.05, 0.1) is 5.69 Å². The van der Waals surface area contributed by atoms with Crippen molar-refractivity contribution in [2.75, 3.05) is 11.9 Å². The number of nitrogens with one attached hydrogen (secondary N) is 1. The van der Waals surface area contributed by atoms with Crippen LogP contribution < -0.4 is 5.32 Å². The second kappa shape index (κ2) is 6.61. The van der Waals surface area contributed by atoms with Crippen LogP contribution >= 0.6 is 0 Å². The van der Waals surface area contributed by atoms with Crippen molar-refractivity contribution in [3.63, 3.8) is 0 Å². The highest BCUT2D eigenvalue weighted by molar-refractivity contribution is 5.63. The normalized spacial score (nSPS) is 11.0. The predicted octanol–water partition coefficient (Wildman–Crippen LogP) is 4.37. The van der Waals surface area contributed by atoms with Crippen LogP contribution in [0.25, 0.3) is 11.3 Å². The molecular weight excluding hydrogens is 272 g/mol. The Morgan fingerprint density at radius 2 is 1.95 bits per heavy atom. The van der Waals surface area contributed by atoms with Gasteiger partial charge >= 0.3 is 0 Å². The first-order valence-corrected chi connectivity index (χ1v) is 7.10. The standard InChI is InChI=1S/C16H19F2N3/c1-4-8-19-14-9-13(20-16(21-14)10(2)3)11-6-5-7-12(17)15(11)18/h5-7,9-10H,4,8H2,1-3H3,(H,19,20,21). The van der Waals surface area contributed by atoms with Gasteiger partial charge in [-0.15, -0.1) is 0 Å². The number of nitrogens with zero attached hydrogens (tertiary/aromatic N) is 2. The predicted molar refractivity (Wildman–Crippen MR) is 80.3 cm³/mol. The van der Waals surface area contributed by atoms with Crippen LogP contribution in [0.15, 0.2) is 24.3 Å². The highest BCUT2D eigenvalue weighted by atomic mass is 19.2. The number of rotatable bonds is 5. The molecule has 0 aliphatic carbocycles. The molecule has 1 aromatic heterocycles. The van der Waals surface area contributed by atoms with Crippen LogP contribution in [0.4, 0.5) is 14.6 Å². The molecule has 0 amide bonds. The monoisotopic (exact) mass is 291 g/mol. The summed E-state index contributed by atoms with van der Waals surface area (Å²) in [4.78, 5) is 8.77. The average Bonchev–Trinajstić information content (AvgIpc) is 2.47. The van der Waals surface area contributed by atoms with E-state index in [1.807, 2.05) is 20.8 Å². The van der Waals surface area contributed by atoms with E-state index in [1.54, 1.807) is 6.07 Å². The van der Waals surface area contributed by atoms with E-state index in [9.17, 15) is 8.78 Å². The number of hydrogen-bond donors (Lipinski definition) is 1. The number of aromatic nitrogens is 2. The molecule has 0 aliphatic heterocycles. The van der Waals surface area contributed by atoms with Crippen LogP contribution in [0.1, 0.15) is 38.9 Å². The summed E-state index contributed by atoms with van der Waals surface area (Å²) in [6.45, 7) is 6.74. The molecule has 2 rings (SSSR count). The van der Waals surface area contributed by atoms with E-state index in [0.717, 1.165) is 19.0 Å². The number of benzene rings is 1. The molecule has 1 N–H and O–H groups in total. The van der Waals surface area contributed by atoms with Crippen LogP contribution in [0.3, 0.4) is 0 Å². The molecule has 21 heavy (non-hydrogen) atoms. The lowest BCUT2D eigenvalue weighted by atomic mass is 10.1. The molecule has 0 unspecified atom stereocenters. The maximum Gasteiger partial charge on any atom is 0.168 e. The van der Waals surface area contributed by atoms with Crippen molar-refractivity contribution in [2.45, 2.75) is 33.1 Å². The molecule has 5 heteroatoms. The summed E-state index contributed by atoms with van der Waals surface area (Å²) in [5.41, 5.74) is 0.545. The molecule has 0 spiro atoms. The van der Waals surface area contributed by atoms with Gasteiger partial charge in [-0.2, -0.15) is 0 Å². The summed E-state index contributed by atoms with van der Waals surface area (Å²) in [5.74, 6) is -0.416. The minimum atomic E-state index is -0.882. The fraction of sp³-hybridized carbons (Fsp3) is 0.375. The molecule has 0 bridgehead atoms. The molecule has 0 saturated heterocycles. The van der Waals surface area contributed by atoms with Crippen LogP contribution in [-0.4, -0.2) is 16.5 Å². The lowest BCUT2D eigenvalue weighted by Gasteiger charge is -2.12. The lowest BCUT2D eigenvalue weighted by Crippen LogP contribution is -2.07. The van der Waals surface area contributed by atoms with E-state index in [1.165, 1.54) is 12.1 Å². The largest absolute Gasteiger partial charge is 0.370 e. The zero-order chi connectivity index (χ0) is 15.4. The summed E-state index contributed by atoms with van der Waals surface area (Å²) in [6, 6.07) is 5.75. The molecule has 2 aromatic rings. The van der Waals surface area contributed by atoms with E-state index in [2.05, 4.69) is 15.3 Å². The quantitative estimate of drug-likeness (QED) is 0.889. The van der Waals surface area contributed by atoms with Gasteiger partial charge in [0.25, 0.3) is 0 Å². The smallest absolute Gasteiger partial charge is 0.168 e. The van der Waals surface area contributed by atoms with E-state index in [-0.39, 0.29) is 11.5 Å². The number of hydrogen-bond acceptors (Lipinski definition) is 3. The Hall–Kier alpha value is -2.04. The Morgan fingerprint density at radius 1 is 1.19 bits per heavy atom. The Balaban J connectivity index is 2.51. The average molecular weight is 291 g/mol. The Kier molecular flexibility index (Phi) is 4.83. The Morgan fingerprint density at radius 3 is 2.62 bits per heavy atom. The van der Waals surface area contributed by atoms with Gasteiger partial charge in [0.15, 0.2) is 11.6 Å². The topological polar surface area (TPSA) is 37.8 Å². The summed E-state index contributed by atoms with van der Waals surface area (Å²) < 4.78 is 27.3. The molecule has 0 saturated carbocycles. The Bertz CT molecular complexity index is 627. The van der Waals surface area contributed by atoms with Crippen molar-refractivity contribution in [2.24, 2.45) is 0 Å². The first kappa shape index (κ1) is 15.4. The minimum absolute atomic E-state index is 0.101. The van der Waals surface area contributed by atoms with Gasteiger partial charge in [-0.3, -0.25) is 0 Å². The number of halogens is 2. The molecular formula is C16H19F2N3. The third-order valence-corrected chi connectivity index (χ3v) is 3.04. The number of anilines is 1. The molecule has 0 atom stereocenters. The zero-order valence-corrected chi connectivity index (χ0v) is 12.5. The molecule has 1 heterocycles. The van der Waals surface area contributed by atoms with Gasteiger partial charge in [0.1, 0.15) is 11.6 Å². The molecule has 112 valence electrons. The second-order valence-electron chi connectivity index (χ2n) is 5.18. The summed E-state index contributed by atoms with van der Waals surface area (Å²) in [7, 11) is 0. The van der Waals surface area contributed by atoms with Crippen molar-refractivity contribution < 1.29 is 8.78 Å². The van der Waals surface area contributed by atoms with Gasteiger partial charge in [0.2, 0.25) is 0 Å². The molecule has 0 radical (unpaired) electrons. The van der Waals surface area contributed by atoms with Crippen molar-refractivity contribution >= 4 is 5.82 Å². The van der Waals surface area contributed by atoms with Crippen molar-refractivity contribution in [3.05, 3.63) is 41.7 Å². The highest BCUT2D eigenvalue weighted by Crippen LogP contribution is 2.26. The maximum absolute atomic E-state index is 13.9. The van der Waals surface area contributed by atoms with Gasteiger partial charge in [-0.25, -0.2) is 18.7 Å². The van der Waals surface area contributed by atoms with E-state index < -0.39 is 11.6 Å². The SMILES string of the molecule is CCCNc1cc(-c2cccc(F)c2F)nc(C(C)C)n1. The fourth-order valence-electron chi connectivity index (χ4n) is 1.91. The van der Waals surface area contributed by atoms with Gasteiger partial charge in [-0.05, 0) is 18.6 Å². The first-order chi connectivity index (χ1) is 10.0. The van der Waals surface area contributed by atoms with Crippen LogP contribution in [0.2, 0.25) is 0 Å². The third-order valence-electron chi connectivity index (χ3n) is 3.04. The molecule has 0 fully saturated rings. The summed E-state index contributed by atoms with van der Waals surface area (Å²) in [5, 5.41) is 3.17. The summed E-state index contributed by atoms with van der Waals surface area (Å²) >= 11 is 0. The van der Waals surface area contributed by atoms with E-state index >= 15 is 0 Å². The van der Waals surface area contributed by atoms with E-state index in [4.69, 9.17) is 0 Å². The van der Waals surface area contributed by atoms with Crippen molar-refractivity contribution in [3.8, 4) is 11.3 Å². The molecule has 3 nitrogen and oxygen atoms in total. The molecule has 1 aromatic carbocycles. The highest BCUT2D eigenvalue weighted by Gasteiger charge is 2.14. The van der Waals surface area contributed by atoms with Gasteiger partial charge in [-0.1, -0.05) is 26.8 Å². The van der Waals surface area contributed by atoms with Crippen molar-refractivity contribution in [1.82, 2.24) is 9.97 Å². The minimum Gasteiger partial charge on any atom is -0.370 e. The summed E-state index contributed by atoms with van der Waals surface area (Å²) in [6.07, 6.45) is 0.949. The second-order valence-corrected chi connectivity index (χ2v) is 5.18. The molecule has 0 aliphatic rings. The first-order valence-electron chi connectivity index (χ1n) is 7.10. The van der Waals surface area contributed by atoms with Crippen molar-refractivity contribution in [1.29, 1.82) is 0 Å². The Labute approximate surface area is 123 Å².